The Hall–Kier alpha value is -2.22. The van der Waals surface area contributed by atoms with Crippen LogP contribution < -0.4 is 5.32 Å². The summed E-state index contributed by atoms with van der Waals surface area (Å²) in [5.74, 6) is 0.125. The monoisotopic (exact) mass is 363 g/mol. The molecule has 0 radical (unpaired) electrons. The smallest absolute Gasteiger partial charge is 0.338 e. The average Bonchev–Trinajstić information content (AvgIpc) is 2.94. The molecule has 0 spiro atoms. The number of tetrazole rings is 1. The number of allylic oxidation sites excluding steroid dienone is 1. The van der Waals surface area contributed by atoms with Crippen molar-refractivity contribution >= 4 is 27.8 Å². The second kappa shape index (κ2) is 5.88. The van der Waals surface area contributed by atoms with E-state index in [0.717, 1.165) is 10.0 Å². The van der Waals surface area contributed by atoms with Crippen molar-refractivity contribution in [1.82, 2.24) is 20.2 Å². The van der Waals surface area contributed by atoms with Gasteiger partial charge in [-0.25, -0.2) is 4.79 Å². The summed E-state index contributed by atoms with van der Waals surface area (Å²) in [5.41, 5.74) is 2.10. The summed E-state index contributed by atoms with van der Waals surface area (Å²) < 4.78 is 7.74. The number of nitrogens with zero attached hydrogens (tertiary/aromatic N) is 4. The van der Waals surface area contributed by atoms with Gasteiger partial charge in [-0.2, -0.15) is 4.68 Å². The second-order valence-electron chi connectivity index (χ2n) is 4.79. The first kappa shape index (κ1) is 14.7. The van der Waals surface area contributed by atoms with Gasteiger partial charge in [0.25, 0.3) is 0 Å². The number of aromatic nitrogens is 4. The van der Waals surface area contributed by atoms with Crippen LogP contribution in [0.15, 0.2) is 40.0 Å². The predicted octanol–water partition coefficient (Wildman–Crippen LogP) is 2.29. The maximum atomic E-state index is 12.4. The lowest BCUT2D eigenvalue weighted by atomic mass is 9.96. The Morgan fingerprint density at radius 2 is 2.14 bits per heavy atom. The van der Waals surface area contributed by atoms with Gasteiger partial charge in [0.15, 0.2) is 0 Å². The number of hydrogen-bond acceptors (Lipinski definition) is 6. The number of hydrogen-bond donors (Lipinski definition) is 1. The highest BCUT2D eigenvalue weighted by Crippen LogP contribution is 2.35. The van der Waals surface area contributed by atoms with Crippen molar-refractivity contribution in [3.05, 3.63) is 45.6 Å². The third kappa shape index (κ3) is 2.50. The summed E-state index contributed by atoms with van der Waals surface area (Å²) >= 11 is 3.41. The van der Waals surface area contributed by atoms with E-state index in [4.69, 9.17) is 4.74 Å². The first-order chi connectivity index (χ1) is 10.6. The zero-order valence-electron chi connectivity index (χ0n) is 12.1. The van der Waals surface area contributed by atoms with Crippen molar-refractivity contribution in [3.63, 3.8) is 0 Å². The van der Waals surface area contributed by atoms with Crippen LogP contribution in [0, 0.1) is 0 Å². The van der Waals surface area contributed by atoms with Crippen molar-refractivity contribution in [1.29, 1.82) is 0 Å². The Bertz CT molecular complexity index is 738. The third-order valence-electron chi connectivity index (χ3n) is 3.40. The topological polar surface area (TPSA) is 81.9 Å². The van der Waals surface area contributed by atoms with Crippen molar-refractivity contribution in [3.8, 4) is 0 Å². The van der Waals surface area contributed by atoms with E-state index in [0.29, 0.717) is 23.8 Å². The molecule has 1 atom stereocenters. The van der Waals surface area contributed by atoms with Gasteiger partial charge in [-0.1, -0.05) is 33.2 Å². The summed E-state index contributed by atoms with van der Waals surface area (Å²) in [7, 11) is 0. The SMILES string of the molecule is CCOC(=O)C1=C(C)Nc2nnnn2[C@@H]1c1ccc(Br)cc1. The van der Waals surface area contributed by atoms with Crippen LogP contribution in [0.25, 0.3) is 0 Å². The first-order valence-electron chi connectivity index (χ1n) is 6.80. The highest BCUT2D eigenvalue weighted by molar-refractivity contribution is 9.10. The molecule has 3 rings (SSSR count). The minimum absolute atomic E-state index is 0.311. The Kier molecular flexibility index (Phi) is 3.93. The molecule has 1 aliphatic rings. The van der Waals surface area contributed by atoms with Gasteiger partial charge in [-0.15, -0.1) is 0 Å². The summed E-state index contributed by atoms with van der Waals surface area (Å²) in [5, 5.41) is 14.7. The molecule has 22 heavy (non-hydrogen) atoms. The molecule has 1 aliphatic heterocycles. The molecule has 2 heterocycles. The number of carbonyl (C=O) groups is 1. The molecular weight excluding hydrogens is 350 g/mol. The molecule has 1 N–H and O–H groups in total. The Labute approximate surface area is 135 Å². The van der Waals surface area contributed by atoms with Crippen LogP contribution in [0.2, 0.25) is 0 Å². The number of halogens is 1. The quantitative estimate of drug-likeness (QED) is 0.842. The molecule has 1 aromatic carbocycles. The molecule has 8 heteroatoms. The molecule has 0 amide bonds. The van der Waals surface area contributed by atoms with Crippen molar-refractivity contribution in [2.45, 2.75) is 19.9 Å². The lowest BCUT2D eigenvalue weighted by Crippen LogP contribution is -2.29. The van der Waals surface area contributed by atoms with Crippen LogP contribution in [-0.2, 0) is 9.53 Å². The standard InChI is InChI=1S/C14H14BrN5O2/c1-3-22-13(21)11-8(2)16-14-17-18-19-20(14)12(11)9-4-6-10(15)7-5-9/h4-7,12H,3H2,1-2H3,(H,16,17,19)/t12-/m1/s1. The fraction of sp³-hybridized carbons (Fsp3) is 0.286. The van der Waals surface area contributed by atoms with Gasteiger partial charge < -0.3 is 10.1 Å². The number of ether oxygens (including phenoxy) is 1. The maximum absolute atomic E-state index is 12.4. The lowest BCUT2D eigenvalue weighted by molar-refractivity contribution is -0.139. The highest BCUT2D eigenvalue weighted by Gasteiger charge is 2.34. The number of anilines is 1. The van der Waals surface area contributed by atoms with Crippen LogP contribution >= 0.6 is 15.9 Å². The molecule has 0 saturated heterocycles. The zero-order chi connectivity index (χ0) is 15.7. The van der Waals surface area contributed by atoms with E-state index < -0.39 is 6.04 Å². The highest BCUT2D eigenvalue weighted by atomic mass is 79.9. The largest absolute Gasteiger partial charge is 0.463 e. The Morgan fingerprint density at radius 3 is 2.82 bits per heavy atom. The third-order valence-corrected chi connectivity index (χ3v) is 3.92. The summed E-state index contributed by atoms with van der Waals surface area (Å²) in [6, 6.07) is 7.27. The number of nitrogens with one attached hydrogen (secondary N) is 1. The molecular formula is C14H14BrN5O2. The van der Waals surface area contributed by atoms with Crippen molar-refractivity contribution in [2.24, 2.45) is 0 Å². The van der Waals surface area contributed by atoms with Crippen LogP contribution in [0.5, 0.6) is 0 Å². The van der Waals surface area contributed by atoms with E-state index >= 15 is 0 Å². The number of rotatable bonds is 3. The van der Waals surface area contributed by atoms with Gasteiger partial charge in [0.2, 0.25) is 5.95 Å². The van der Waals surface area contributed by atoms with Crippen LogP contribution in [0.1, 0.15) is 25.5 Å². The van der Waals surface area contributed by atoms with E-state index in [2.05, 4.69) is 36.8 Å². The fourth-order valence-corrected chi connectivity index (χ4v) is 2.70. The Morgan fingerprint density at radius 1 is 1.41 bits per heavy atom. The first-order valence-corrected chi connectivity index (χ1v) is 7.59. The summed E-state index contributed by atoms with van der Waals surface area (Å²) in [6.07, 6.45) is 0. The molecule has 114 valence electrons. The molecule has 0 saturated carbocycles. The van der Waals surface area contributed by atoms with Crippen molar-refractivity contribution < 1.29 is 9.53 Å². The normalized spacial score (nSPS) is 17.0. The maximum Gasteiger partial charge on any atom is 0.338 e. The van der Waals surface area contributed by atoms with E-state index in [1.165, 1.54) is 0 Å². The minimum atomic E-state index is -0.418. The number of esters is 1. The van der Waals surface area contributed by atoms with E-state index in [-0.39, 0.29) is 5.97 Å². The lowest BCUT2D eigenvalue weighted by Gasteiger charge is -2.27. The van der Waals surface area contributed by atoms with Gasteiger partial charge in [-0.05, 0) is 42.0 Å². The van der Waals surface area contributed by atoms with E-state index in [9.17, 15) is 4.79 Å². The zero-order valence-corrected chi connectivity index (χ0v) is 13.7. The second-order valence-corrected chi connectivity index (χ2v) is 5.70. The molecule has 2 aromatic rings. The molecule has 0 bridgehead atoms. The van der Waals surface area contributed by atoms with Crippen LogP contribution in [0.4, 0.5) is 5.95 Å². The number of benzene rings is 1. The number of carbonyl (C=O) groups excluding carboxylic acids is 1. The summed E-state index contributed by atoms with van der Waals surface area (Å²) in [4.78, 5) is 12.4. The average molecular weight is 364 g/mol. The van der Waals surface area contributed by atoms with Gasteiger partial charge >= 0.3 is 5.97 Å². The predicted molar refractivity (Wildman–Crippen MR) is 83.1 cm³/mol. The molecule has 0 aliphatic carbocycles. The summed E-state index contributed by atoms with van der Waals surface area (Å²) in [6.45, 7) is 3.91. The van der Waals surface area contributed by atoms with Crippen molar-refractivity contribution in [2.75, 3.05) is 11.9 Å². The molecule has 7 nitrogen and oxygen atoms in total. The van der Waals surface area contributed by atoms with Crippen LogP contribution in [-0.4, -0.2) is 32.8 Å². The van der Waals surface area contributed by atoms with Gasteiger partial charge in [0.05, 0.1) is 12.2 Å². The van der Waals surface area contributed by atoms with Crippen LogP contribution in [0.3, 0.4) is 0 Å². The minimum Gasteiger partial charge on any atom is -0.463 e. The van der Waals surface area contributed by atoms with Gasteiger partial charge in [0.1, 0.15) is 6.04 Å². The van der Waals surface area contributed by atoms with Gasteiger partial charge in [-0.3, -0.25) is 0 Å². The molecule has 0 fully saturated rings. The Balaban J connectivity index is 2.13. The fourth-order valence-electron chi connectivity index (χ4n) is 2.44. The number of fused-ring (bicyclic) bond motifs is 1. The molecule has 1 aromatic heterocycles. The van der Waals surface area contributed by atoms with E-state index in [1.807, 2.05) is 31.2 Å². The molecule has 0 unspecified atom stereocenters. The van der Waals surface area contributed by atoms with Gasteiger partial charge in [0, 0.05) is 10.2 Å². The van der Waals surface area contributed by atoms with E-state index in [1.54, 1.807) is 11.6 Å².